The first-order chi connectivity index (χ1) is 8.92. The van der Waals surface area contributed by atoms with Gasteiger partial charge < -0.3 is 4.74 Å². The van der Waals surface area contributed by atoms with Gasteiger partial charge in [0.05, 0.1) is 11.5 Å². The first-order valence-corrected chi connectivity index (χ1v) is 5.99. The molecule has 0 atom stereocenters. The summed E-state index contributed by atoms with van der Waals surface area (Å²) >= 11 is 0. The standard InChI is InChI=1S/C12H17N3O4/c1-5-14-10(7-8(3)12(16)19-6-2)11(15(17)18)9(4)13-14/h7H,5-6H2,1-4H3/b8-7+. The summed E-state index contributed by atoms with van der Waals surface area (Å²) in [5, 5.41) is 15.1. The van der Waals surface area contributed by atoms with Crippen molar-refractivity contribution in [3.63, 3.8) is 0 Å². The Morgan fingerprint density at radius 2 is 2.16 bits per heavy atom. The highest BCUT2D eigenvalue weighted by atomic mass is 16.6. The smallest absolute Gasteiger partial charge is 0.333 e. The maximum Gasteiger partial charge on any atom is 0.333 e. The van der Waals surface area contributed by atoms with Crippen LogP contribution in [0.2, 0.25) is 0 Å². The first kappa shape index (κ1) is 14.9. The van der Waals surface area contributed by atoms with Crippen LogP contribution in [0.1, 0.15) is 32.2 Å². The summed E-state index contributed by atoms with van der Waals surface area (Å²) in [7, 11) is 0. The molecule has 0 spiro atoms. The Morgan fingerprint density at radius 1 is 1.53 bits per heavy atom. The number of esters is 1. The third-order valence-corrected chi connectivity index (χ3v) is 2.57. The topological polar surface area (TPSA) is 87.3 Å². The van der Waals surface area contributed by atoms with Crippen LogP contribution in [0.3, 0.4) is 0 Å². The molecule has 104 valence electrons. The summed E-state index contributed by atoms with van der Waals surface area (Å²) < 4.78 is 6.35. The fraction of sp³-hybridized carbons (Fsp3) is 0.500. The third-order valence-electron chi connectivity index (χ3n) is 2.57. The molecule has 0 saturated carbocycles. The van der Waals surface area contributed by atoms with Gasteiger partial charge in [0.2, 0.25) is 0 Å². The number of hydrogen-bond donors (Lipinski definition) is 0. The number of nitrogens with zero attached hydrogens (tertiary/aromatic N) is 3. The van der Waals surface area contributed by atoms with Crippen LogP contribution in [0.4, 0.5) is 5.69 Å². The molecular weight excluding hydrogens is 250 g/mol. The number of aromatic nitrogens is 2. The molecule has 0 saturated heterocycles. The van der Waals surface area contributed by atoms with Gasteiger partial charge in [0, 0.05) is 12.1 Å². The minimum atomic E-state index is -0.488. The Balaban J connectivity index is 3.29. The van der Waals surface area contributed by atoms with Crippen molar-refractivity contribution in [2.45, 2.75) is 34.2 Å². The van der Waals surface area contributed by atoms with Crippen LogP contribution in [0, 0.1) is 17.0 Å². The molecule has 0 aromatic carbocycles. The van der Waals surface area contributed by atoms with Gasteiger partial charge in [0.15, 0.2) is 0 Å². The van der Waals surface area contributed by atoms with Crippen LogP contribution in [0.5, 0.6) is 0 Å². The molecule has 0 radical (unpaired) electrons. The number of aryl methyl sites for hydroxylation is 2. The molecule has 0 amide bonds. The highest BCUT2D eigenvalue weighted by molar-refractivity contribution is 5.93. The van der Waals surface area contributed by atoms with Gasteiger partial charge in [-0.2, -0.15) is 5.10 Å². The molecule has 0 bridgehead atoms. The second-order valence-corrected chi connectivity index (χ2v) is 3.94. The Bertz CT molecular complexity index is 531. The Labute approximate surface area is 111 Å². The molecule has 19 heavy (non-hydrogen) atoms. The zero-order valence-corrected chi connectivity index (χ0v) is 11.5. The van der Waals surface area contributed by atoms with E-state index in [0.717, 1.165) is 0 Å². The maximum absolute atomic E-state index is 11.5. The summed E-state index contributed by atoms with van der Waals surface area (Å²) in [5.41, 5.74) is 0.871. The SMILES string of the molecule is CCOC(=O)/C(C)=C/c1c([N+](=O)[O-])c(C)nn1CC. The normalized spacial score (nSPS) is 11.5. The number of nitro groups is 1. The number of rotatable bonds is 5. The van der Waals surface area contributed by atoms with Crippen LogP contribution in [0.15, 0.2) is 5.57 Å². The van der Waals surface area contributed by atoms with Crippen molar-refractivity contribution in [1.82, 2.24) is 9.78 Å². The number of ether oxygens (including phenoxy) is 1. The Hall–Kier alpha value is -2.18. The lowest BCUT2D eigenvalue weighted by Crippen LogP contribution is -2.07. The van der Waals surface area contributed by atoms with Gasteiger partial charge in [-0.1, -0.05) is 0 Å². The largest absolute Gasteiger partial charge is 0.463 e. The fourth-order valence-electron chi connectivity index (χ4n) is 1.71. The van der Waals surface area contributed by atoms with Gasteiger partial charge in [-0.05, 0) is 33.8 Å². The van der Waals surface area contributed by atoms with Gasteiger partial charge >= 0.3 is 11.7 Å². The van der Waals surface area contributed by atoms with E-state index in [1.54, 1.807) is 20.8 Å². The average Bonchev–Trinajstić information content (AvgIpc) is 2.65. The van der Waals surface area contributed by atoms with E-state index < -0.39 is 10.9 Å². The molecule has 0 aliphatic heterocycles. The van der Waals surface area contributed by atoms with Crippen LogP contribution in [0.25, 0.3) is 6.08 Å². The fourth-order valence-corrected chi connectivity index (χ4v) is 1.71. The summed E-state index contributed by atoms with van der Waals surface area (Å²) in [6.45, 7) is 7.40. The lowest BCUT2D eigenvalue weighted by Gasteiger charge is -2.03. The van der Waals surface area contributed by atoms with E-state index in [0.29, 0.717) is 23.5 Å². The summed E-state index contributed by atoms with van der Waals surface area (Å²) in [5.74, 6) is -0.488. The average molecular weight is 267 g/mol. The van der Waals surface area contributed by atoms with Gasteiger partial charge in [-0.3, -0.25) is 14.8 Å². The molecule has 0 fully saturated rings. The second-order valence-electron chi connectivity index (χ2n) is 3.94. The summed E-state index contributed by atoms with van der Waals surface area (Å²) in [6, 6.07) is 0. The van der Waals surface area contributed by atoms with Crippen LogP contribution < -0.4 is 0 Å². The predicted molar refractivity (Wildman–Crippen MR) is 69.6 cm³/mol. The first-order valence-electron chi connectivity index (χ1n) is 5.99. The van der Waals surface area contributed by atoms with Gasteiger partial charge in [0.25, 0.3) is 0 Å². The van der Waals surface area contributed by atoms with Crippen molar-refractivity contribution in [1.29, 1.82) is 0 Å². The molecule has 0 unspecified atom stereocenters. The molecule has 1 rings (SSSR count). The molecule has 1 heterocycles. The number of carbonyl (C=O) groups is 1. The molecule has 1 aromatic heterocycles. The zero-order valence-electron chi connectivity index (χ0n) is 11.5. The maximum atomic E-state index is 11.5. The minimum absolute atomic E-state index is 0.0782. The molecule has 0 aliphatic rings. The quantitative estimate of drug-likeness (QED) is 0.353. The van der Waals surface area contributed by atoms with E-state index in [9.17, 15) is 14.9 Å². The monoisotopic (exact) mass is 267 g/mol. The highest BCUT2D eigenvalue weighted by Crippen LogP contribution is 2.25. The van der Waals surface area contributed by atoms with Crippen molar-refractivity contribution < 1.29 is 14.5 Å². The minimum Gasteiger partial charge on any atom is -0.463 e. The summed E-state index contributed by atoms with van der Waals surface area (Å²) in [6.07, 6.45) is 1.44. The van der Waals surface area contributed by atoms with E-state index >= 15 is 0 Å². The molecule has 0 N–H and O–H groups in total. The Morgan fingerprint density at radius 3 is 2.63 bits per heavy atom. The van der Waals surface area contributed by atoms with E-state index in [4.69, 9.17) is 4.74 Å². The molecule has 7 heteroatoms. The highest BCUT2D eigenvalue weighted by Gasteiger charge is 2.23. The van der Waals surface area contributed by atoms with Crippen molar-refractivity contribution in [2.75, 3.05) is 6.61 Å². The van der Waals surface area contributed by atoms with Crippen molar-refractivity contribution in [3.8, 4) is 0 Å². The lowest BCUT2D eigenvalue weighted by molar-refractivity contribution is -0.385. The van der Waals surface area contributed by atoms with Crippen LogP contribution in [-0.4, -0.2) is 27.3 Å². The number of hydrogen-bond acceptors (Lipinski definition) is 5. The molecule has 1 aromatic rings. The van der Waals surface area contributed by atoms with E-state index in [2.05, 4.69) is 5.10 Å². The molecular formula is C12H17N3O4. The zero-order chi connectivity index (χ0) is 14.6. The number of carbonyl (C=O) groups excluding carboxylic acids is 1. The molecule has 0 aliphatic carbocycles. The van der Waals surface area contributed by atoms with Gasteiger partial charge in [-0.25, -0.2) is 4.79 Å². The van der Waals surface area contributed by atoms with Crippen LogP contribution in [-0.2, 0) is 16.1 Å². The van der Waals surface area contributed by atoms with Gasteiger partial charge in [-0.15, -0.1) is 0 Å². The Kier molecular flexibility index (Phi) is 4.80. The lowest BCUT2D eigenvalue weighted by atomic mass is 10.2. The van der Waals surface area contributed by atoms with E-state index in [-0.39, 0.29) is 12.3 Å². The predicted octanol–water partition coefficient (Wildman–Crippen LogP) is 2.09. The van der Waals surface area contributed by atoms with Gasteiger partial charge in [0.1, 0.15) is 11.4 Å². The van der Waals surface area contributed by atoms with Crippen molar-refractivity contribution >= 4 is 17.7 Å². The summed E-state index contributed by atoms with van der Waals surface area (Å²) in [4.78, 5) is 22.1. The second kappa shape index (κ2) is 6.12. The van der Waals surface area contributed by atoms with E-state index in [1.165, 1.54) is 10.8 Å². The third kappa shape index (κ3) is 3.18. The van der Waals surface area contributed by atoms with Crippen LogP contribution >= 0.6 is 0 Å². The van der Waals surface area contributed by atoms with Crippen molar-refractivity contribution in [2.24, 2.45) is 0 Å². The van der Waals surface area contributed by atoms with E-state index in [1.807, 2.05) is 6.92 Å². The molecule has 7 nitrogen and oxygen atoms in total. The van der Waals surface area contributed by atoms with Crippen molar-refractivity contribution in [3.05, 3.63) is 27.1 Å².